The van der Waals surface area contributed by atoms with Crippen molar-refractivity contribution in [2.24, 2.45) is 0 Å². The molecule has 0 saturated heterocycles. The second-order valence-electron chi connectivity index (χ2n) is 4.43. The van der Waals surface area contributed by atoms with E-state index in [1.807, 2.05) is 11.8 Å². The predicted octanol–water partition coefficient (Wildman–Crippen LogP) is 6.04. The Morgan fingerprint density at radius 3 is 2.47 bits per heavy atom. The number of benzene rings is 1. The first-order chi connectivity index (χ1) is 8.33. The quantitative estimate of drug-likeness (QED) is 0.399. The summed E-state index contributed by atoms with van der Waals surface area (Å²) in [5.41, 5.74) is 0. The van der Waals surface area contributed by atoms with Crippen molar-refractivity contribution in [2.75, 3.05) is 0 Å². The maximum atomic E-state index is 2.38. The molecule has 0 spiro atoms. The van der Waals surface area contributed by atoms with Gasteiger partial charge in [0.15, 0.2) is 0 Å². The maximum absolute atomic E-state index is 2.38. The minimum Gasteiger partial charge on any atom is -0.0952 e. The fourth-order valence-corrected chi connectivity index (χ4v) is 2.64. The molecular weight excluding hydrogens is 224 g/mol. The molecule has 0 nitrogen and oxygen atoms in total. The lowest BCUT2D eigenvalue weighted by atomic mass is 10.1. The summed E-state index contributed by atoms with van der Waals surface area (Å²) in [7, 11) is 0. The first-order valence-electron chi connectivity index (χ1n) is 6.72. The second kappa shape index (κ2) is 9.35. The Labute approximate surface area is 111 Å². The van der Waals surface area contributed by atoms with E-state index in [1.54, 1.807) is 0 Å². The molecule has 0 aliphatic rings. The summed E-state index contributed by atoms with van der Waals surface area (Å²) >= 11 is 1.87. The van der Waals surface area contributed by atoms with Crippen LogP contribution in [0.15, 0.2) is 46.2 Å². The number of unbranched alkanes of at least 4 members (excludes halogenated alkanes) is 5. The molecule has 0 aromatic heterocycles. The van der Waals surface area contributed by atoms with Crippen molar-refractivity contribution >= 4 is 11.8 Å². The van der Waals surface area contributed by atoms with Crippen molar-refractivity contribution in [3.63, 3.8) is 0 Å². The van der Waals surface area contributed by atoms with E-state index in [1.165, 1.54) is 48.3 Å². The van der Waals surface area contributed by atoms with Crippen molar-refractivity contribution in [1.29, 1.82) is 0 Å². The highest BCUT2D eigenvalue weighted by molar-refractivity contribution is 8.03. The molecule has 0 N–H and O–H groups in total. The minimum absolute atomic E-state index is 1.23. The summed E-state index contributed by atoms with van der Waals surface area (Å²) in [6.07, 6.45) is 10.5. The molecule has 0 aliphatic carbocycles. The van der Waals surface area contributed by atoms with Crippen LogP contribution in [-0.2, 0) is 0 Å². The summed E-state index contributed by atoms with van der Waals surface area (Å²) in [4.78, 5) is 2.76. The lowest BCUT2D eigenvalue weighted by molar-refractivity contribution is 0.637. The van der Waals surface area contributed by atoms with Crippen LogP contribution in [-0.4, -0.2) is 0 Å². The normalized spacial score (nSPS) is 11.8. The van der Waals surface area contributed by atoms with Crippen LogP contribution in [0.2, 0.25) is 0 Å². The van der Waals surface area contributed by atoms with Gasteiger partial charge in [-0.2, -0.15) is 0 Å². The number of allylic oxidation sites excluding steroid dienone is 2. The number of hydrogen-bond donors (Lipinski definition) is 0. The highest BCUT2D eigenvalue weighted by Crippen LogP contribution is 2.26. The van der Waals surface area contributed by atoms with Crippen molar-refractivity contribution in [1.82, 2.24) is 0 Å². The molecule has 0 unspecified atom stereocenters. The van der Waals surface area contributed by atoms with E-state index in [9.17, 15) is 0 Å². The van der Waals surface area contributed by atoms with Gasteiger partial charge in [0.1, 0.15) is 0 Å². The monoisotopic (exact) mass is 248 g/mol. The Hall–Kier alpha value is -0.690. The van der Waals surface area contributed by atoms with Crippen molar-refractivity contribution < 1.29 is 0 Å². The molecule has 1 rings (SSSR count). The van der Waals surface area contributed by atoms with E-state index in [0.717, 1.165) is 0 Å². The number of rotatable bonds is 8. The van der Waals surface area contributed by atoms with Gasteiger partial charge >= 0.3 is 0 Å². The fourth-order valence-electron chi connectivity index (χ4n) is 1.77. The summed E-state index contributed by atoms with van der Waals surface area (Å²) in [5, 5.41) is 0. The molecule has 94 valence electrons. The van der Waals surface area contributed by atoms with E-state index >= 15 is 0 Å². The van der Waals surface area contributed by atoms with Crippen LogP contribution in [0.25, 0.3) is 0 Å². The number of hydrogen-bond acceptors (Lipinski definition) is 1. The largest absolute Gasteiger partial charge is 0.0952 e. The molecule has 17 heavy (non-hydrogen) atoms. The van der Waals surface area contributed by atoms with Gasteiger partial charge in [-0.15, -0.1) is 0 Å². The van der Waals surface area contributed by atoms with Gasteiger partial charge in [-0.1, -0.05) is 68.6 Å². The zero-order chi connectivity index (χ0) is 12.3. The Morgan fingerprint density at radius 1 is 1.06 bits per heavy atom. The topological polar surface area (TPSA) is 0 Å². The maximum Gasteiger partial charge on any atom is 0.0118 e. The van der Waals surface area contributed by atoms with Crippen LogP contribution in [0.5, 0.6) is 0 Å². The molecule has 0 bridgehead atoms. The molecule has 0 fully saturated rings. The van der Waals surface area contributed by atoms with Crippen molar-refractivity contribution in [3.05, 3.63) is 41.3 Å². The summed E-state index contributed by atoms with van der Waals surface area (Å²) in [6.45, 7) is 4.48. The van der Waals surface area contributed by atoms with Crippen molar-refractivity contribution in [2.45, 2.75) is 57.3 Å². The summed E-state index contributed by atoms with van der Waals surface area (Å²) < 4.78 is 0. The van der Waals surface area contributed by atoms with Crippen LogP contribution >= 0.6 is 11.8 Å². The molecule has 0 heterocycles. The first-order valence-corrected chi connectivity index (χ1v) is 7.54. The van der Waals surface area contributed by atoms with Crippen LogP contribution in [0.3, 0.4) is 0 Å². The van der Waals surface area contributed by atoms with Crippen LogP contribution in [0.4, 0.5) is 0 Å². The molecule has 1 aromatic rings. The molecule has 0 atom stereocenters. The van der Waals surface area contributed by atoms with Gasteiger partial charge < -0.3 is 0 Å². The Bertz CT molecular complexity index is 314. The number of thioether (sulfide) groups is 1. The first kappa shape index (κ1) is 14.4. The highest BCUT2D eigenvalue weighted by Gasteiger charge is 1.94. The molecule has 1 aromatic carbocycles. The molecule has 0 radical (unpaired) electrons. The van der Waals surface area contributed by atoms with Crippen LogP contribution < -0.4 is 0 Å². The van der Waals surface area contributed by atoms with Gasteiger partial charge in [0.25, 0.3) is 0 Å². The molecular formula is C16H24S. The van der Waals surface area contributed by atoms with E-state index < -0.39 is 0 Å². The third-order valence-corrected chi connectivity index (χ3v) is 3.76. The second-order valence-corrected chi connectivity index (χ2v) is 5.75. The smallest absolute Gasteiger partial charge is 0.0118 e. The molecule has 0 saturated carbocycles. The zero-order valence-corrected chi connectivity index (χ0v) is 11.9. The Balaban J connectivity index is 2.17. The Kier molecular flexibility index (Phi) is 7.91. The van der Waals surface area contributed by atoms with Gasteiger partial charge in [-0.3, -0.25) is 0 Å². The summed E-state index contributed by atoms with van der Waals surface area (Å²) in [6, 6.07) is 10.6. The van der Waals surface area contributed by atoms with Crippen LogP contribution in [0, 0.1) is 0 Å². The van der Waals surface area contributed by atoms with E-state index in [4.69, 9.17) is 0 Å². The van der Waals surface area contributed by atoms with Gasteiger partial charge in [0.05, 0.1) is 0 Å². The standard InChI is InChI=1S/C16H24S/c1-3-4-5-6-7-9-12-15(2)17-16-13-10-8-11-14-16/h8,10-14H,3-7,9H2,1-2H3/b15-12+. The van der Waals surface area contributed by atoms with Gasteiger partial charge in [-0.25, -0.2) is 0 Å². The van der Waals surface area contributed by atoms with Gasteiger partial charge in [0, 0.05) is 4.90 Å². The Morgan fingerprint density at radius 2 is 1.76 bits per heavy atom. The minimum atomic E-state index is 1.23. The lowest BCUT2D eigenvalue weighted by Gasteiger charge is -2.01. The molecule has 0 aliphatic heterocycles. The molecule has 0 amide bonds. The molecule has 1 heteroatoms. The van der Waals surface area contributed by atoms with Crippen LogP contribution in [0.1, 0.15) is 52.4 Å². The SMILES string of the molecule is CCCCCCC/C=C(\C)Sc1ccccc1. The van der Waals surface area contributed by atoms with E-state index in [-0.39, 0.29) is 0 Å². The third-order valence-electron chi connectivity index (χ3n) is 2.76. The van der Waals surface area contributed by atoms with Crippen molar-refractivity contribution in [3.8, 4) is 0 Å². The fraction of sp³-hybridized carbons (Fsp3) is 0.500. The highest BCUT2D eigenvalue weighted by atomic mass is 32.2. The van der Waals surface area contributed by atoms with Gasteiger partial charge in [0.2, 0.25) is 0 Å². The summed E-state index contributed by atoms with van der Waals surface area (Å²) in [5.74, 6) is 0. The average Bonchev–Trinajstić information content (AvgIpc) is 2.35. The zero-order valence-electron chi connectivity index (χ0n) is 11.1. The third kappa shape index (κ3) is 7.27. The lowest BCUT2D eigenvalue weighted by Crippen LogP contribution is -1.77. The average molecular weight is 248 g/mol. The van der Waals surface area contributed by atoms with E-state index in [0.29, 0.717) is 0 Å². The van der Waals surface area contributed by atoms with E-state index in [2.05, 4.69) is 50.3 Å². The van der Waals surface area contributed by atoms with Gasteiger partial charge in [-0.05, 0) is 36.8 Å². The predicted molar refractivity (Wildman–Crippen MR) is 79.4 cm³/mol.